The fourth-order valence-corrected chi connectivity index (χ4v) is 2.51. The molecule has 18 heavy (non-hydrogen) atoms. The number of carbonyl (C=O) groups excluding carboxylic acids is 2. The predicted molar refractivity (Wildman–Crippen MR) is 67.8 cm³/mol. The highest BCUT2D eigenvalue weighted by atomic mass is 16.5. The minimum atomic E-state index is -0.147. The van der Waals surface area contributed by atoms with Gasteiger partial charge in [-0.15, -0.1) is 0 Å². The molecule has 0 aromatic heterocycles. The molecule has 0 spiro atoms. The third-order valence-corrected chi connectivity index (χ3v) is 3.66. The van der Waals surface area contributed by atoms with E-state index in [1.54, 1.807) is 0 Å². The molecule has 1 unspecified atom stereocenters. The summed E-state index contributed by atoms with van der Waals surface area (Å²) in [5.74, 6) is -0.190. The zero-order valence-electron chi connectivity index (χ0n) is 10.9. The molecule has 4 nitrogen and oxygen atoms in total. The van der Waals surface area contributed by atoms with E-state index in [4.69, 9.17) is 4.74 Å². The monoisotopic (exact) mass is 251 g/mol. The van der Waals surface area contributed by atoms with Crippen LogP contribution >= 0.6 is 0 Å². The lowest BCUT2D eigenvalue weighted by atomic mass is 10.1. The van der Waals surface area contributed by atoms with Gasteiger partial charge in [0.1, 0.15) is 6.10 Å². The van der Waals surface area contributed by atoms with E-state index in [9.17, 15) is 9.59 Å². The molecule has 2 rings (SSSR count). The van der Waals surface area contributed by atoms with Crippen LogP contribution in [0.5, 0.6) is 0 Å². The van der Waals surface area contributed by atoms with Gasteiger partial charge in [-0.05, 0) is 32.1 Å². The number of hydrogen-bond acceptors (Lipinski definition) is 3. The molecule has 1 saturated carbocycles. The fraction of sp³-hybridized carbons (Fsp3) is 0.714. The highest BCUT2D eigenvalue weighted by Gasteiger charge is 2.32. The average Bonchev–Trinajstić information content (AvgIpc) is 2.74. The van der Waals surface area contributed by atoms with Crippen molar-refractivity contribution in [3.05, 3.63) is 12.2 Å². The largest absolute Gasteiger partial charge is 0.460 e. The van der Waals surface area contributed by atoms with Crippen molar-refractivity contribution in [2.45, 2.75) is 57.6 Å². The smallest absolute Gasteiger partial charge is 0.309 e. The van der Waals surface area contributed by atoms with Crippen LogP contribution in [-0.2, 0) is 14.3 Å². The number of carbonyl (C=O) groups is 2. The number of esters is 1. The van der Waals surface area contributed by atoms with Gasteiger partial charge in [-0.2, -0.15) is 0 Å². The Hall–Kier alpha value is -1.32. The fourth-order valence-electron chi connectivity index (χ4n) is 2.51. The topological polar surface area (TPSA) is 55.4 Å². The van der Waals surface area contributed by atoms with Gasteiger partial charge in [0, 0.05) is 6.42 Å². The summed E-state index contributed by atoms with van der Waals surface area (Å²) in [6.07, 6.45) is 8.53. The summed E-state index contributed by atoms with van der Waals surface area (Å²) < 4.78 is 5.52. The Morgan fingerprint density at radius 3 is 2.94 bits per heavy atom. The molecule has 100 valence electrons. The van der Waals surface area contributed by atoms with E-state index in [1.807, 2.05) is 19.1 Å². The SMILES string of the molecule is C[C@@H]1C/C=C/CCC(=O)NC2CCC[C@H]2OC1=O. The zero-order valence-corrected chi connectivity index (χ0v) is 10.9. The van der Waals surface area contributed by atoms with Crippen LogP contribution in [0.2, 0.25) is 0 Å². The number of allylic oxidation sites excluding steroid dienone is 2. The first kappa shape index (κ1) is 13.1. The Bertz CT molecular complexity index is 351. The Labute approximate surface area is 108 Å². The van der Waals surface area contributed by atoms with Crippen LogP contribution in [0.25, 0.3) is 0 Å². The summed E-state index contributed by atoms with van der Waals surface area (Å²) in [6, 6.07) is 0.0112. The van der Waals surface area contributed by atoms with Crippen LogP contribution in [0.4, 0.5) is 0 Å². The summed E-state index contributed by atoms with van der Waals surface area (Å²) in [5, 5.41) is 2.98. The molecule has 3 atom stereocenters. The van der Waals surface area contributed by atoms with Crippen LogP contribution in [0, 0.1) is 5.92 Å². The molecular formula is C14H21NO3. The summed E-state index contributed by atoms with van der Waals surface area (Å²) in [6.45, 7) is 1.89. The second-order valence-electron chi connectivity index (χ2n) is 5.23. The number of amides is 1. The maximum Gasteiger partial charge on any atom is 0.309 e. The summed E-state index contributed by atoms with van der Waals surface area (Å²) >= 11 is 0. The predicted octanol–water partition coefficient (Wildman–Crippen LogP) is 1.94. The summed E-state index contributed by atoms with van der Waals surface area (Å²) in [4.78, 5) is 23.6. The zero-order chi connectivity index (χ0) is 13.0. The molecule has 1 fully saturated rings. The van der Waals surface area contributed by atoms with Crippen molar-refractivity contribution in [3.8, 4) is 0 Å². The lowest BCUT2D eigenvalue weighted by molar-refractivity contribution is -0.154. The first-order chi connectivity index (χ1) is 8.66. The van der Waals surface area contributed by atoms with E-state index in [1.165, 1.54) is 0 Å². The molecule has 2 aliphatic rings. The van der Waals surface area contributed by atoms with Crippen LogP contribution in [0.15, 0.2) is 12.2 Å². The van der Waals surface area contributed by atoms with Gasteiger partial charge in [-0.25, -0.2) is 0 Å². The lowest BCUT2D eigenvalue weighted by Gasteiger charge is -2.23. The van der Waals surface area contributed by atoms with Crippen molar-refractivity contribution in [1.29, 1.82) is 0 Å². The van der Waals surface area contributed by atoms with E-state index in [0.29, 0.717) is 12.8 Å². The molecule has 0 aromatic rings. The lowest BCUT2D eigenvalue weighted by Crippen LogP contribution is -2.42. The van der Waals surface area contributed by atoms with Crippen LogP contribution in [0.1, 0.15) is 45.4 Å². The Balaban J connectivity index is 2.06. The summed E-state index contributed by atoms with van der Waals surface area (Å²) in [7, 11) is 0. The third-order valence-electron chi connectivity index (χ3n) is 3.66. The van der Waals surface area contributed by atoms with E-state index in [-0.39, 0.29) is 29.9 Å². The maximum absolute atomic E-state index is 11.9. The van der Waals surface area contributed by atoms with E-state index >= 15 is 0 Å². The van der Waals surface area contributed by atoms with Gasteiger partial charge in [0.15, 0.2) is 0 Å². The molecular weight excluding hydrogens is 230 g/mol. The van der Waals surface area contributed by atoms with Crippen molar-refractivity contribution < 1.29 is 14.3 Å². The molecule has 1 amide bonds. The van der Waals surface area contributed by atoms with Crippen LogP contribution in [-0.4, -0.2) is 24.0 Å². The molecule has 1 heterocycles. The van der Waals surface area contributed by atoms with Gasteiger partial charge in [0.2, 0.25) is 5.91 Å². The molecule has 0 saturated heterocycles. The highest BCUT2D eigenvalue weighted by Crippen LogP contribution is 2.24. The normalized spacial score (nSPS) is 35.7. The molecule has 4 heteroatoms. The Morgan fingerprint density at radius 1 is 1.28 bits per heavy atom. The first-order valence-electron chi connectivity index (χ1n) is 6.81. The number of hydrogen-bond donors (Lipinski definition) is 1. The van der Waals surface area contributed by atoms with Gasteiger partial charge in [-0.3, -0.25) is 9.59 Å². The number of rotatable bonds is 0. The first-order valence-corrected chi connectivity index (χ1v) is 6.81. The minimum Gasteiger partial charge on any atom is -0.460 e. The van der Waals surface area contributed by atoms with Crippen LogP contribution < -0.4 is 5.32 Å². The molecule has 1 aliphatic carbocycles. The van der Waals surface area contributed by atoms with E-state index in [0.717, 1.165) is 25.7 Å². The molecule has 0 aromatic carbocycles. The van der Waals surface area contributed by atoms with Gasteiger partial charge >= 0.3 is 5.97 Å². The third kappa shape index (κ3) is 3.34. The number of fused-ring (bicyclic) bond motifs is 1. The van der Waals surface area contributed by atoms with Crippen molar-refractivity contribution in [2.75, 3.05) is 0 Å². The molecule has 1 N–H and O–H groups in total. The maximum atomic E-state index is 11.9. The van der Waals surface area contributed by atoms with Gasteiger partial charge in [-0.1, -0.05) is 19.1 Å². The number of ether oxygens (including phenoxy) is 1. The second-order valence-corrected chi connectivity index (χ2v) is 5.23. The quantitative estimate of drug-likeness (QED) is 0.529. The van der Waals surface area contributed by atoms with Crippen molar-refractivity contribution in [3.63, 3.8) is 0 Å². The Morgan fingerprint density at radius 2 is 2.11 bits per heavy atom. The molecule has 0 bridgehead atoms. The Kier molecular flexibility index (Phi) is 4.39. The molecule has 1 aliphatic heterocycles. The summed E-state index contributed by atoms with van der Waals surface area (Å²) in [5.41, 5.74) is 0. The highest BCUT2D eigenvalue weighted by molar-refractivity contribution is 5.77. The van der Waals surface area contributed by atoms with E-state index < -0.39 is 0 Å². The van der Waals surface area contributed by atoms with Crippen LogP contribution in [0.3, 0.4) is 0 Å². The van der Waals surface area contributed by atoms with Gasteiger partial charge in [0.25, 0.3) is 0 Å². The second kappa shape index (κ2) is 6.03. The number of nitrogens with one attached hydrogen (secondary N) is 1. The van der Waals surface area contributed by atoms with Gasteiger partial charge < -0.3 is 10.1 Å². The van der Waals surface area contributed by atoms with Gasteiger partial charge in [0.05, 0.1) is 12.0 Å². The van der Waals surface area contributed by atoms with E-state index in [2.05, 4.69) is 5.32 Å². The standard InChI is InChI=1S/C14H21NO3/c1-10-6-3-2-4-9-13(16)15-11-7-5-8-12(11)18-14(10)17/h2-3,10-12H,4-9H2,1H3,(H,15,16)/b3-2+/t10-,11?,12-/m1/s1. The molecule has 0 radical (unpaired) electrons. The van der Waals surface area contributed by atoms with Crippen molar-refractivity contribution in [2.24, 2.45) is 5.92 Å². The average molecular weight is 251 g/mol. The van der Waals surface area contributed by atoms with Crippen molar-refractivity contribution in [1.82, 2.24) is 5.32 Å². The van der Waals surface area contributed by atoms with Crippen molar-refractivity contribution >= 4 is 11.9 Å². The minimum absolute atomic E-state index is 0.0112.